The molecule has 5 heteroatoms. The first-order valence-corrected chi connectivity index (χ1v) is 5.18. The monoisotopic (exact) mass is 236 g/mol. The summed E-state index contributed by atoms with van der Waals surface area (Å²) < 4.78 is 5.16. The van der Waals surface area contributed by atoms with E-state index >= 15 is 0 Å². The van der Waals surface area contributed by atoms with Gasteiger partial charge in [-0.05, 0) is 24.6 Å². The van der Waals surface area contributed by atoms with E-state index < -0.39 is 0 Å². The van der Waals surface area contributed by atoms with Gasteiger partial charge in [-0.25, -0.2) is 0 Å². The summed E-state index contributed by atoms with van der Waals surface area (Å²) in [5.41, 5.74) is 1.53. The summed E-state index contributed by atoms with van der Waals surface area (Å²) in [6, 6.07) is 3.37. The van der Waals surface area contributed by atoms with Gasteiger partial charge in [0.1, 0.15) is 5.75 Å². The molecule has 0 unspecified atom stereocenters. The first-order chi connectivity index (χ1) is 8.04. The average Bonchev–Trinajstić information content (AvgIpc) is 2.35. The lowest BCUT2D eigenvalue weighted by molar-refractivity contribution is 0.0957. The van der Waals surface area contributed by atoms with Gasteiger partial charge < -0.3 is 15.4 Å². The summed E-state index contributed by atoms with van der Waals surface area (Å²) in [6.45, 7) is 1.82. The van der Waals surface area contributed by atoms with E-state index in [1.54, 1.807) is 12.1 Å². The Morgan fingerprint density at radius 3 is 1.76 bits per heavy atom. The Hall–Kier alpha value is -2.04. The molecule has 0 radical (unpaired) electrons. The van der Waals surface area contributed by atoms with Gasteiger partial charge in [0.15, 0.2) is 0 Å². The summed E-state index contributed by atoms with van der Waals surface area (Å²) >= 11 is 0. The van der Waals surface area contributed by atoms with Gasteiger partial charge in [-0.1, -0.05) is 0 Å². The fourth-order valence-electron chi connectivity index (χ4n) is 1.60. The van der Waals surface area contributed by atoms with Crippen LogP contribution in [0.5, 0.6) is 5.75 Å². The smallest absolute Gasteiger partial charge is 0.254 e. The van der Waals surface area contributed by atoms with E-state index in [4.69, 9.17) is 4.74 Å². The van der Waals surface area contributed by atoms with Crippen LogP contribution in [0.1, 0.15) is 26.3 Å². The van der Waals surface area contributed by atoms with Gasteiger partial charge in [0.05, 0.1) is 18.2 Å². The highest BCUT2D eigenvalue weighted by molar-refractivity contribution is 6.04. The predicted molar refractivity (Wildman–Crippen MR) is 64.5 cm³/mol. The van der Waals surface area contributed by atoms with Crippen molar-refractivity contribution in [2.45, 2.75) is 6.92 Å². The van der Waals surface area contributed by atoms with Crippen LogP contribution in [0.4, 0.5) is 0 Å². The molecule has 0 heterocycles. The Morgan fingerprint density at radius 1 is 1.06 bits per heavy atom. The molecule has 0 aromatic heterocycles. The molecule has 5 nitrogen and oxygen atoms in total. The molecular weight excluding hydrogens is 220 g/mol. The zero-order valence-corrected chi connectivity index (χ0v) is 10.4. The molecule has 0 aliphatic heterocycles. The normalized spacial score (nSPS) is 9.65. The molecule has 1 aromatic rings. The SMILES string of the molecule is CNC(=O)c1cc(C)cc(C(=O)NC)c1OC. The van der Waals surface area contributed by atoms with Crippen molar-refractivity contribution >= 4 is 11.8 Å². The van der Waals surface area contributed by atoms with E-state index in [-0.39, 0.29) is 17.6 Å². The molecule has 2 amide bonds. The van der Waals surface area contributed by atoms with Crippen LogP contribution in [0.3, 0.4) is 0 Å². The lowest BCUT2D eigenvalue weighted by atomic mass is 10.0. The third-order valence-corrected chi connectivity index (χ3v) is 2.38. The van der Waals surface area contributed by atoms with Gasteiger partial charge in [0, 0.05) is 14.1 Å². The molecule has 0 aliphatic carbocycles. The number of rotatable bonds is 3. The largest absolute Gasteiger partial charge is 0.495 e. The van der Waals surface area contributed by atoms with Crippen molar-refractivity contribution in [2.75, 3.05) is 21.2 Å². The Balaban J connectivity index is 3.45. The Morgan fingerprint density at radius 2 is 1.47 bits per heavy atom. The number of nitrogens with one attached hydrogen (secondary N) is 2. The quantitative estimate of drug-likeness (QED) is 0.812. The van der Waals surface area contributed by atoms with E-state index in [1.165, 1.54) is 21.2 Å². The lowest BCUT2D eigenvalue weighted by Crippen LogP contribution is -2.23. The maximum Gasteiger partial charge on any atom is 0.254 e. The Bertz CT molecular complexity index is 418. The van der Waals surface area contributed by atoms with Crippen molar-refractivity contribution in [3.05, 3.63) is 28.8 Å². The number of methoxy groups -OCH3 is 1. The third kappa shape index (κ3) is 2.55. The summed E-state index contributed by atoms with van der Waals surface area (Å²) in [4.78, 5) is 23.4. The first-order valence-electron chi connectivity index (χ1n) is 5.18. The van der Waals surface area contributed by atoms with E-state index in [1.807, 2.05) is 6.92 Å². The minimum Gasteiger partial charge on any atom is -0.495 e. The van der Waals surface area contributed by atoms with Gasteiger partial charge >= 0.3 is 0 Å². The lowest BCUT2D eigenvalue weighted by Gasteiger charge is -2.13. The van der Waals surface area contributed by atoms with Crippen LogP contribution >= 0.6 is 0 Å². The van der Waals surface area contributed by atoms with Gasteiger partial charge in [0.25, 0.3) is 11.8 Å². The summed E-state index contributed by atoms with van der Waals surface area (Å²) in [5.74, 6) is -0.277. The highest BCUT2D eigenvalue weighted by Gasteiger charge is 2.19. The van der Waals surface area contributed by atoms with Crippen LogP contribution in [0.25, 0.3) is 0 Å². The minimum absolute atomic E-state index is 0.282. The Labute approximate surface area is 100 Å². The zero-order valence-electron chi connectivity index (χ0n) is 10.4. The molecular formula is C12H16N2O3. The van der Waals surface area contributed by atoms with Crippen molar-refractivity contribution in [1.29, 1.82) is 0 Å². The number of carbonyl (C=O) groups excluding carboxylic acids is 2. The highest BCUT2D eigenvalue weighted by atomic mass is 16.5. The molecule has 92 valence electrons. The maximum atomic E-state index is 11.7. The van der Waals surface area contributed by atoms with Gasteiger partial charge in [-0.2, -0.15) is 0 Å². The standard InChI is InChI=1S/C12H16N2O3/c1-7-5-8(11(15)13-2)10(17-4)9(6-7)12(16)14-3/h5-6H,1-4H3,(H,13,15)(H,14,16). The van der Waals surface area contributed by atoms with Crippen LogP contribution in [0.2, 0.25) is 0 Å². The van der Waals surface area contributed by atoms with E-state index in [2.05, 4.69) is 10.6 Å². The molecule has 0 spiro atoms. The van der Waals surface area contributed by atoms with Crippen molar-refractivity contribution in [3.63, 3.8) is 0 Å². The minimum atomic E-state index is -0.282. The molecule has 1 aromatic carbocycles. The summed E-state index contributed by atoms with van der Waals surface area (Å²) in [5, 5.41) is 5.03. The number of hydrogen-bond acceptors (Lipinski definition) is 3. The van der Waals surface area contributed by atoms with Crippen molar-refractivity contribution in [3.8, 4) is 5.75 Å². The number of aryl methyl sites for hydroxylation is 1. The molecule has 0 aliphatic rings. The number of carbonyl (C=O) groups is 2. The second-order valence-electron chi connectivity index (χ2n) is 3.55. The number of hydrogen-bond donors (Lipinski definition) is 2. The molecule has 1 rings (SSSR count). The fourth-order valence-corrected chi connectivity index (χ4v) is 1.60. The second-order valence-corrected chi connectivity index (χ2v) is 3.55. The van der Waals surface area contributed by atoms with Crippen LogP contribution in [0.15, 0.2) is 12.1 Å². The van der Waals surface area contributed by atoms with E-state index in [0.717, 1.165) is 5.56 Å². The van der Waals surface area contributed by atoms with Gasteiger partial charge in [0.2, 0.25) is 0 Å². The highest BCUT2D eigenvalue weighted by Crippen LogP contribution is 2.25. The predicted octanol–water partition coefficient (Wildman–Crippen LogP) is 0.723. The van der Waals surface area contributed by atoms with Crippen LogP contribution in [-0.4, -0.2) is 33.0 Å². The molecule has 17 heavy (non-hydrogen) atoms. The average molecular weight is 236 g/mol. The van der Waals surface area contributed by atoms with E-state index in [9.17, 15) is 9.59 Å². The second kappa shape index (κ2) is 5.34. The van der Waals surface area contributed by atoms with E-state index in [0.29, 0.717) is 11.1 Å². The summed E-state index contributed by atoms with van der Waals surface area (Å²) in [7, 11) is 4.50. The molecule has 2 N–H and O–H groups in total. The van der Waals surface area contributed by atoms with Crippen molar-refractivity contribution in [1.82, 2.24) is 10.6 Å². The zero-order chi connectivity index (χ0) is 13.0. The molecule has 0 saturated carbocycles. The first kappa shape index (κ1) is 13.0. The Kier molecular flexibility index (Phi) is 4.09. The molecule has 0 bridgehead atoms. The van der Waals surface area contributed by atoms with Crippen LogP contribution in [-0.2, 0) is 0 Å². The van der Waals surface area contributed by atoms with Crippen molar-refractivity contribution < 1.29 is 14.3 Å². The maximum absolute atomic E-state index is 11.7. The van der Waals surface area contributed by atoms with Gasteiger partial charge in [-0.3, -0.25) is 9.59 Å². The topological polar surface area (TPSA) is 67.4 Å². The summed E-state index contributed by atoms with van der Waals surface area (Å²) in [6.07, 6.45) is 0. The number of benzene rings is 1. The van der Waals surface area contributed by atoms with Gasteiger partial charge in [-0.15, -0.1) is 0 Å². The van der Waals surface area contributed by atoms with Crippen LogP contribution < -0.4 is 15.4 Å². The number of ether oxygens (including phenoxy) is 1. The van der Waals surface area contributed by atoms with Crippen molar-refractivity contribution in [2.24, 2.45) is 0 Å². The third-order valence-electron chi connectivity index (χ3n) is 2.38. The molecule has 0 atom stereocenters. The molecule has 0 fully saturated rings. The molecule has 0 saturated heterocycles. The number of amides is 2. The van der Waals surface area contributed by atoms with Crippen LogP contribution in [0, 0.1) is 6.92 Å². The fraction of sp³-hybridized carbons (Fsp3) is 0.333.